The third kappa shape index (κ3) is 3.52. The van der Waals surface area contributed by atoms with Gasteiger partial charge >= 0.3 is 6.61 Å². The first-order chi connectivity index (χ1) is 7.13. The maximum absolute atomic E-state index is 12.7. The molecule has 0 aliphatic rings. The summed E-state index contributed by atoms with van der Waals surface area (Å²) in [6, 6.07) is 3.01. The molecular formula is C10H7F3O2. The molecule has 0 unspecified atom stereocenters. The van der Waals surface area contributed by atoms with E-state index in [1.54, 1.807) is 0 Å². The van der Waals surface area contributed by atoms with Crippen LogP contribution in [0.3, 0.4) is 0 Å². The highest BCUT2D eigenvalue weighted by atomic mass is 19.3. The number of hydrogen-bond donors (Lipinski definition) is 1. The third-order valence-corrected chi connectivity index (χ3v) is 1.46. The van der Waals surface area contributed by atoms with Gasteiger partial charge < -0.3 is 9.84 Å². The lowest BCUT2D eigenvalue weighted by atomic mass is 10.2. The molecule has 0 fully saturated rings. The van der Waals surface area contributed by atoms with Gasteiger partial charge in [0.1, 0.15) is 18.2 Å². The number of hydrogen-bond acceptors (Lipinski definition) is 2. The van der Waals surface area contributed by atoms with E-state index in [1.165, 1.54) is 0 Å². The quantitative estimate of drug-likeness (QED) is 0.763. The van der Waals surface area contributed by atoms with Crippen molar-refractivity contribution in [1.29, 1.82) is 0 Å². The van der Waals surface area contributed by atoms with Crippen LogP contribution in [0.1, 0.15) is 5.56 Å². The first kappa shape index (κ1) is 11.4. The number of aliphatic hydroxyl groups excluding tert-OH is 1. The van der Waals surface area contributed by atoms with Crippen molar-refractivity contribution >= 4 is 0 Å². The van der Waals surface area contributed by atoms with Gasteiger partial charge in [-0.2, -0.15) is 8.78 Å². The second-order valence-electron chi connectivity index (χ2n) is 2.48. The Balaban J connectivity index is 3.03. The molecule has 0 aliphatic heterocycles. The van der Waals surface area contributed by atoms with Crippen molar-refractivity contribution in [3.05, 3.63) is 29.6 Å². The van der Waals surface area contributed by atoms with E-state index in [-0.39, 0.29) is 11.3 Å². The Morgan fingerprint density at radius 1 is 1.40 bits per heavy atom. The average Bonchev–Trinajstić information content (AvgIpc) is 2.18. The van der Waals surface area contributed by atoms with Crippen LogP contribution in [0.25, 0.3) is 0 Å². The van der Waals surface area contributed by atoms with Gasteiger partial charge in [0.15, 0.2) is 0 Å². The lowest BCUT2D eigenvalue weighted by molar-refractivity contribution is -0.0500. The largest absolute Gasteiger partial charge is 0.433 e. The van der Waals surface area contributed by atoms with Crippen LogP contribution in [0.15, 0.2) is 18.2 Å². The minimum atomic E-state index is -3.00. The minimum Gasteiger partial charge on any atom is -0.433 e. The fourth-order valence-corrected chi connectivity index (χ4v) is 0.933. The first-order valence-electron chi connectivity index (χ1n) is 3.97. The second-order valence-corrected chi connectivity index (χ2v) is 2.48. The van der Waals surface area contributed by atoms with Gasteiger partial charge in [0.25, 0.3) is 0 Å². The average molecular weight is 216 g/mol. The fourth-order valence-electron chi connectivity index (χ4n) is 0.933. The molecule has 15 heavy (non-hydrogen) atoms. The van der Waals surface area contributed by atoms with Crippen LogP contribution in [0.5, 0.6) is 5.75 Å². The Hall–Kier alpha value is -1.67. The summed E-state index contributed by atoms with van der Waals surface area (Å²) in [6.45, 7) is -3.44. The highest BCUT2D eigenvalue weighted by Crippen LogP contribution is 2.20. The van der Waals surface area contributed by atoms with Crippen molar-refractivity contribution in [1.82, 2.24) is 0 Å². The zero-order valence-corrected chi connectivity index (χ0v) is 7.51. The number of benzene rings is 1. The summed E-state index contributed by atoms with van der Waals surface area (Å²) in [5, 5.41) is 8.41. The third-order valence-electron chi connectivity index (χ3n) is 1.46. The van der Waals surface area contributed by atoms with Gasteiger partial charge in [-0.1, -0.05) is 11.8 Å². The molecule has 0 radical (unpaired) electrons. The molecule has 1 aromatic carbocycles. The van der Waals surface area contributed by atoms with Crippen molar-refractivity contribution in [2.75, 3.05) is 6.61 Å². The van der Waals surface area contributed by atoms with E-state index in [9.17, 15) is 13.2 Å². The maximum Gasteiger partial charge on any atom is 0.387 e. The highest BCUT2D eigenvalue weighted by molar-refractivity contribution is 5.46. The van der Waals surface area contributed by atoms with E-state index in [0.29, 0.717) is 0 Å². The van der Waals surface area contributed by atoms with Crippen molar-refractivity contribution < 1.29 is 23.0 Å². The Morgan fingerprint density at radius 2 is 2.13 bits per heavy atom. The topological polar surface area (TPSA) is 29.5 Å². The SMILES string of the molecule is OCC#Cc1cc(F)ccc1OC(F)F. The molecule has 1 N–H and O–H groups in total. The molecule has 2 nitrogen and oxygen atoms in total. The molecule has 0 spiro atoms. The predicted octanol–water partition coefficient (Wildman–Crippen LogP) is 1.77. The highest BCUT2D eigenvalue weighted by Gasteiger charge is 2.08. The van der Waals surface area contributed by atoms with Gasteiger partial charge in [-0.3, -0.25) is 0 Å². The summed E-state index contributed by atoms with van der Waals surface area (Å²) < 4.78 is 40.7. The van der Waals surface area contributed by atoms with E-state index in [2.05, 4.69) is 16.6 Å². The van der Waals surface area contributed by atoms with Crippen molar-refractivity contribution in [2.45, 2.75) is 6.61 Å². The molecule has 0 aromatic heterocycles. The number of alkyl halides is 2. The number of ether oxygens (including phenoxy) is 1. The summed E-state index contributed by atoms with van der Waals surface area (Å²) in [5.74, 6) is 3.70. The van der Waals surface area contributed by atoms with Gasteiger partial charge in [-0.15, -0.1) is 0 Å². The Kier molecular flexibility index (Phi) is 4.01. The minimum absolute atomic E-state index is 0.0237. The molecule has 5 heteroatoms. The van der Waals surface area contributed by atoms with E-state index in [1.807, 2.05) is 0 Å². The summed E-state index contributed by atoms with van der Waals surface area (Å²) in [7, 11) is 0. The molecule has 1 aromatic rings. The number of halogens is 3. The van der Waals surface area contributed by atoms with Gasteiger partial charge in [0.05, 0.1) is 5.56 Å². The molecule has 0 atom stereocenters. The summed E-state index contributed by atoms with van der Waals surface area (Å²) in [4.78, 5) is 0. The van der Waals surface area contributed by atoms with E-state index in [0.717, 1.165) is 18.2 Å². The second kappa shape index (κ2) is 5.27. The molecule has 0 amide bonds. The first-order valence-corrected chi connectivity index (χ1v) is 3.97. The molecule has 0 bridgehead atoms. The van der Waals surface area contributed by atoms with Crippen LogP contribution in [-0.4, -0.2) is 18.3 Å². The normalized spacial score (nSPS) is 9.67. The molecule has 80 valence electrons. The van der Waals surface area contributed by atoms with Crippen LogP contribution in [0.2, 0.25) is 0 Å². The van der Waals surface area contributed by atoms with Gasteiger partial charge in [0.2, 0.25) is 0 Å². The summed E-state index contributed by atoms with van der Waals surface area (Å²) in [6.07, 6.45) is 0. The van der Waals surface area contributed by atoms with Crippen molar-refractivity contribution in [3.63, 3.8) is 0 Å². The molecule has 0 saturated heterocycles. The molecule has 0 aliphatic carbocycles. The van der Waals surface area contributed by atoms with Crippen LogP contribution in [0.4, 0.5) is 13.2 Å². The zero-order valence-electron chi connectivity index (χ0n) is 7.51. The Morgan fingerprint density at radius 3 is 2.73 bits per heavy atom. The van der Waals surface area contributed by atoms with Crippen LogP contribution < -0.4 is 4.74 Å². The van der Waals surface area contributed by atoms with Crippen LogP contribution in [0, 0.1) is 17.7 Å². The lowest BCUT2D eigenvalue weighted by Gasteiger charge is -2.06. The zero-order chi connectivity index (χ0) is 11.3. The monoisotopic (exact) mass is 216 g/mol. The molecular weight excluding hydrogens is 209 g/mol. The van der Waals surface area contributed by atoms with Crippen LogP contribution >= 0.6 is 0 Å². The maximum atomic E-state index is 12.7. The van der Waals surface area contributed by atoms with Crippen LogP contribution in [-0.2, 0) is 0 Å². The summed E-state index contributed by atoms with van der Waals surface area (Å²) in [5.41, 5.74) is -0.0237. The lowest BCUT2D eigenvalue weighted by Crippen LogP contribution is -2.03. The van der Waals surface area contributed by atoms with Gasteiger partial charge in [0, 0.05) is 0 Å². The fraction of sp³-hybridized carbons (Fsp3) is 0.200. The standard InChI is InChI=1S/C10H7F3O2/c11-8-3-4-9(15-10(12)13)7(6-8)2-1-5-14/h3-4,6,10,14H,5H2. The number of aliphatic hydroxyl groups is 1. The van der Waals surface area contributed by atoms with Crippen molar-refractivity contribution in [2.24, 2.45) is 0 Å². The van der Waals surface area contributed by atoms with E-state index in [4.69, 9.17) is 5.11 Å². The van der Waals surface area contributed by atoms with Crippen molar-refractivity contribution in [3.8, 4) is 17.6 Å². The van der Waals surface area contributed by atoms with E-state index < -0.39 is 19.0 Å². The molecule has 0 saturated carbocycles. The predicted molar refractivity (Wildman–Crippen MR) is 47.0 cm³/mol. The number of rotatable bonds is 2. The van der Waals surface area contributed by atoms with Gasteiger partial charge in [-0.05, 0) is 18.2 Å². The van der Waals surface area contributed by atoms with E-state index >= 15 is 0 Å². The smallest absolute Gasteiger partial charge is 0.387 e. The Labute approximate surface area is 84.3 Å². The molecule has 0 heterocycles. The van der Waals surface area contributed by atoms with Gasteiger partial charge in [-0.25, -0.2) is 4.39 Å². The molecule has 1 rings (SSSR count). The Bertz CT molecular complexity index is 393. The summed E-state index contributed by atoms with van der Waals surface area (Å²) >= 11 is 0.